The van der Waals surface area contributed by atoms with Crippen molar-refractivity contribution in [2.24, 2.45) is 0 Å². The molecule has 2 aromatic heterocycles. The van der Waals surface area contributed by atoms with Crippen molar-refractivity contribution in [2.75, 3.05) is 5.73 Å². The molecular formula is C16H20N4. The van der Waals surface area contributed by atoms with Crippen molar-refractivity contribution in [1.29, 1.82) is 0 Å². The zero-order valence-corrected chi connectivity index (χ0v) is 12.4. The number of rotatable bonds is 2. The molecule has 0 fully saturated rings. The lowest BCUT2D eigenvalue weighted by Crippen LogP contribution is -2.05. The summed E-state index contributed by atoms with van der Waals surface area (Å²) >= 11 is 0. The predicted octanol–water partition coefficient (Wildman–Crippen LogP) is 3.60. The Labute approximate surface area is 118 Å². The van der Waals surface area contributed by atoms with Crippen LogP contribution >= 0.6 is 0 Å². The van der Waals surface area contributed by atoms with Gasteiger partial charge in [-0.2, -0.15) is 4.98 Å². The van der Waals surface area contributed by atoms with E-state index in [1.807, 2.05) is 6.07 Å². The summed E-state index contributed by atoms with van der Waals surface area (Å²) in [5.74, 6) is 1.65. The van der Waals surface area contributed by atoms with E-state index in [0.717, 1.165) is 17.5 Å². The van der Waals surface area contributed by atoms with E-state index < -0.39 is 0 Å². The van der Waals surface area contributed by atoms with E-state index in [1.165, 1.54) is 16.8 Å². The van der Waals surface area contributed by atoms with Crippen LogP contribution in [-0.2, 0) is 0 Å². The quantitative estimate of drug-likeness (QED) is 0.772. The summed E-state index contributed by atoms with van der Waals surface area (Å²) in [6, 6.07) is 6.28. The first-order valence-electron chi connectivity index (χ1n) is 7.07. The van der Waals surface area contributed by atoms with Gasteiger partial charge in [0, 0.05) is 11.8 Å². The number of anilines is 1. The first-order valence-corrected chi connectivity index (χ1v) is 7.07. The molecule has 0 radical (unpaired) electrons. The summed E-state index contributed by atoms with van der Waals surface area (Å²) in [6.45, 7) is 8.63. The summed E-state index contributed by atoms with van der Waals surface area (Å²) in [5.41, 5.74) is 11.7. The molecule has 0 aliphatic heterocycles. The van der Waals surface area contributed by atoms with Gasteiger partial charge in [-0.15, -0.1) is 0 Å². The third-order valence-electron chi connectivity index (χ3n) is 4.15. The lowest BCUT2D eigenvalue weighted by Gasteiger charge is -2.13. The largest absolute Gasteiger partial charge is 0.384 e. The molecule has 1 atom stereocenters. The molecule has 2 heterocycles. The van der Waals surface area contributed by atoms with Gasteiger partial charge in [0.1, 0.15) is 5.82 Å². The van der Waals surface area contributed by atoms with Crippen LogP contribution in [0, 0.1) is 13.8 Å². The van der Waals surface area contributed by atoms with Crippen molar-refractivity contribution in [2.45, 2.75) is 40.0 Å². The number of imidazole rings is 1. The van der Waals surface area contributed by atoms with Crippen LogP contribution in [0.3, 0.4) is 0 Å². The van der Waals surface area contributed by atoms with Crippen LogP contribution in [0.25, 0.3) is 16.8 Å². The zero-order chi connectivity index (χ0) is 14.4. The Morgan fingerprint density at radius 3 is 2.55 bits per heavy atom. The van der Waals surface area contributed by atoms with Gasteiger partial charge in [-0.05, 0) is 49.4 Å². The molecular weight excluding hydrogens is 248 g/mol. The maximum atomic E-state index is 5.93. The van der Waals surface area contributed by atoms with E-state index in [1.54, 1.807) is 0 Å². The van der Waals surface area contributed by atoms with Gasteiger partial charge < -0.3 is 5.73 Å². The Bertz CT molecular complexity index is 801. The van der Waals surface area contributed by atoms with Gasteiger partial charge in [-0.1, -0.05) is 13.8 Å². The van der Waals surface area contributed by atoms with Crippen LogP contribution in [0.15, 0.2) is 18.2 Å². The van der Waals surface area contributed by atoms with Gasteiger partial charge in [0.15, 0.2) is 0 Å². The second-order valence-corrected chi connectivity index (χ2v) is 5.59. The molecule has 4 heteroatoms. The Hall–Kier alpha value is -2.10. The maximum Gasteiger partial charge on any atom is 0.237 e. The van der Waals surface area contributed by atoms with E-state index in [2.05, 4.69) is 54.2 Å². The average Bonchev–Trinajstić information content (AvgIpc) is 2.74. The van der Waals surface area contributed by atoms with E-state index in [0.29, 0.717) is 17.5 Å². The zero-order valence-electron chi connectivity index (χ0n) is 12.4. The SMILES string of the molecule is CC[C@H](C)c1cc(N)nc2nc3cc(C)c(C)cc3n12. The fraction of sp³-hybridized carbons (Fsp3) is 0.375. The van der Waals surface area contributed by atoms with Crippen molar-refractivity contribution >= 4 is 22.6 Å². The van der Waals surface area contributed by atoms with Crippen molar-refractivity contribution in [1.82, 2.24) is 14.4 Å². The van der Waals surface area contributed by atoms with E-state index in [9.17, 15) is 0 Å². The van der Waals surface area contributed by atoms with E-state index >= 15 is 0 Å². The fourth-order valence-electron chi connectivity index (χ4n) is 2.58. The average molecular weight is 268 g/mol. The number of nitrogens with two attached hydrogens (primary N) is 1. The van der Waals surface area contributed by atoms with Crippen molar-refractivity contribution in [3.8, 4) is 0 Å². The Morgan fingerprint density at radius 2 is 1.85 bits per heavy atom. The molecule has 0 unspecified atom stereocenters. The monoisotopic (exact) mass is 268 g/mol. The predicted molar refractivity (Wildman–Crippen MR) is 83.1 cm³/mol. The first-order chi connectivity index (χ1) is 9.51. The number of aromatic nitrogens is 3. The molecule has 4 nitrogen and oxygen atoms in total. The highest BCUT2D eigenvalue weighted by molar-refractivity contribution is 5.82. The molecule has 0 saturated heterocycles. The molecule has 104 valence electrons. The molecule has 3 aromatic rings. The standard InChI is InChI=1S/C16H20N4/c1-5-9(2)13-8-15(17)19-16-18-12-6-10(3)11(4)7-14(12)20(13)16/h6-9H,5H2,1-4H3,(H2,17,18,19)/t9-/m0/s1. The Kier molecular flexibility index (Phi) is 2.89. The third kappa shape index (κ3) is 1.83. The molecule has 2 N–H and O–H groups in total. The summed E-state index contributed by atoms with van der Waals surface area (Å²) in [7, 11) is 0. The summed E-state index contributed by atoms with van der Waals surface area (Å²) < 4.78 is 2.15. The molecule has 0 aliphatic carbocycles. The highest BCUT2D eigenvalue weighted by Gasteiger charge is 2.15. The van der Waals surface area contributed by atoms with Crippen LogP contribution in [0.2, 0.25) is 0 Å². The first kappa shape index (κ1) is 12.9. The lowest BCUT2D eigenvalue weighted by atomic mass is 10.0. The van der Waals surface area contributed by atoms with Gasteiger partial charge >= 0.3 is 0 Å². The number of benzene rings is 1. The Morgan fingerprint density at radius 1 is 1.15 bits per heavy atom. The number of nitrogen functional groups attached to an aromatic ring is 1. The smallest absolute Gasteiger partial charge is 0.237 e. The second-order valence-electron chi connectivity index (χ2n) is 5.59. The van der Waals surface area contributed by atoms with Crippen LogP contribution in [0.5, 0.6) is 0 Å². The highest BCUT2D eigenvalue weighted by atomic mass is 15.1. The van der Waals surface area contributed by atoms with Crippen molar-refractivity contribution in [3.63, 3.8) is 0 Å². The molecule has 0 bridgehead atoms. The van der Waals surface area contributed by atoms with Gasteiger partial charge in [0.05, 0.1) is 11.0 Å². The Balaban J connectivity index is 2.46. The number of nitrogens with zero attached hydrogens (tertiary/aromatic N) is 3. The second kappa shape index (κ2) is 4.47. The minimum Gasteiger partial charge on any atom is -0.384 e. The van der Waals surface area contributed by atoms with Crippen LogP contribution in [0.4, 0.5) is 5.82 Å². The summed E-state index contributed by atoms with van der Waals surface area (Å²) in [4.78, 5) is 9.01. The van der Waals surface area contributed by atoms with Gasteiger partial charge in [0.25, 0.3) is 0 Å². The lowest BCUT2D eigenvalue weighted by molar-refractivity contribution is 0.698. The third-order valence-corrected chi connectivity index (χ3v) is 4.15. The molecule has 0 amide bonds. The van der Waals surface area contributed by atoms with Gasteiger partial charge in [-0.25, -0.2) is 4.98 Å². The number of fused-ring (bicyclic) bond motifs is 3. The summed E-state index contributed by atoms with van der Waals surface area (Å²) in [5, 5.41) is 0. The maximum absolute atomic E-state index is 5.93. The van der Waals surface area contributed by atoms with Crippen molar-refractivity contribution < 1.29 is 0 Å². The van der Waals surface area contributed by atoms with Crippen LogP contribution in [-0.4, -0.2) is 14.4 Å². The minimum atomic E-state index is 0.418. The summed E-state index contributed by atoms with van der Waals surface area (Å²) in [6.07, 6.45) is 1.06. The molecule has 0 saturated carbocycles. The normalized spacial score (nSPS) is 13.2. The number of hydrogen-bond donors (Lipinski definition) is 1. The molecule has 20 heavy (non-hydrogen) atoms. The topological polar surface area (TPSA) is 56.2 Å². The number of aryl methyl sites for hydroxylation is 2. The van der Waals surface area contributed by atoms with E-state index in [4.69, 9.17) is 5.73 Å². The minimum absolute atomic E-state index is 0.418. The molecule has 0 aliphatic rings. The molecule has 1 aromatic carbocycles. The van der Waals surface area contributed by atoms with Gasteiger partial charge in [0.2, 0.25) is 5.78 Å². The van der Waals surface area contributed by atoms with Crippen LogP contribution in [0.1, 0.15) is 43.0 Å². The molecule has 0 spiro atoms. The van der Waals surface area contributed by atoms with E-state index in [-0.39, 0.29) is 0 Å². The fourth-order valence-corrected chi connectivity index (χ4v) is 2.58. The highest BCUT2D eigenvalue weighted by Crippen LogP contribution is 2.27. The van der Waals surface area contributed by atoms with Crippen molar-refractivity contribution in [3.05, 3.63) is 35.0 Å². The number of hydrogen-bond acceptors (Lipinski definition) is 3. The van der Waals surface area contributed by atoms with Gasteiger partial charge in [-0.3, -0.25) is 4.40 Å². The van der Waals surface area contributed by atoms with Crippen LogP contribution < -0.4 is 5.73 Å². The molecule has 3 rings (SSSR count).